The van der Waals surface area contributed by atoms with Gasteiger partial charge in [-0.05, 0) is 42.0 Å². The van der Waals surface area contributed by atoms with E-state index in [9.17, 15) is 4.79 Å². The molecular formula is C16H9Cl2NO. The van der Waals surface area contributed by atoms with Crippen LogP contribution in [0.25, 0.3) is 6.08 Å². The number of carbonyl (C=O) groups excluding carboxylic acids is 1. The van der Waals surface area contributed by atoms with Gasteiger partial charge in [-0.15, -0.1) is 0 Å². The van der Waals surface area contributed by atoms with Crippen molar-refractivity contribution in [2.24, 2.45) is 0 Å². The van der Waals surface area contributed by atoms with Crippen LogP contribution >= 0.6 is 23.2 Å². The third-order valence-corrected chi connectivity index (χ3v) is 3.41. The van der Waals surface area contributed by atoms with Gasteiger partial charge in [0.05, 0.1) is 21.7 Å². The van der Waals surface area contributed by atoms with Crippen molar-refractivity contribution in [3.8, 4) is 6.07 Å². The molecule has 0 amide bonds. The van der Waals surface area contributed by atoms with Gasteiger partial charge in [0, 0.05) is 5.56 Å². The Morgan fingerprint density at radius 3 is 2.35 bits per heavy atom. The number of ketones is 1. The molecule has 2 rings (SSSR count). The molecule has 4 heteroatoms. The van der Waals surface area contributed by atoms with Gasteiger partial charge >= 0.3 is 0 Å². The Morgan fingerprint density at radius 1 is 1.05 bits per heavy atom. The Bertz CT molecular complexity index is 712. The summed E-state index contributed by atoms with van der Waals surface area (Å²) in [6, 6.07) is 13.7. The average molecular weight is 302 g/mol. The molecule has 0 heterocycles. The second kappa shape index (κ2) is 6.38. The van der Waals surface area contributed by atoms with Gasteiger partial charge in [-0.3, -0.25) is 4.79 Å². The lowest BCUT2D eigenvalue weighted by atomic mass is 10.1. The van der Waals surface area contributed by atoms with Crippen LogP contribution in [-0.2, 0) is 0 Å². The van der Waals surface area contributed by atoms with E-state index in [-0.39, 0.29) is 5.78 Å². The second-order valence-electron chi connectivity index (χ2n) is 4.06. The summed E-state index contributed by atoms with van der Waals surface area (Å²) in [5.41, 5.74) is 1.90. The molecule has 20 heavy (non-hydrogen) atoms. The van der Waals surface area contributed by atoms with E-state index in [1.165, 1.54) is 12.1 Å². The van der Waals surface area contributed by atoms with Gasteiger partial charge in [-0.25, -0.2) is 0 Å². The van der Waals surface area contributed by atoms with Gasteiger partial charge in [-0.1, -0.05) is 41.4 Å². The fourth-order valence-electron chi connectivity index (χ4n) is 1.59. The highest BCUT2D eigenvalue weighted by molar-refractivity contribution is 6.42. The molecule has 0 N–H and O–H groups in total. The van der Waals surface area contributed by atoms with Crippen molar-refractivity contribution in [3.05, 3.63) is 75.3 Å². The highest BCUT2D eigenvalue weighted by atomic mass is 35.5. The summed E-state index contributed by atoms with van der Waals surface area (Å²) in [5.74, 6) is -0.159. The molecule has 0 radical (unpaired) electrons. The molecule has 0 unspecified atom stereocenters. The largest absolute Gasteiger partial charge is 0.289 e. The van der Waals surface area contributed by atoms with Crippen molar-refractivity contribution >= 4 is 35.1 Å². The average Bonchev–Trinajstić information content (AvgIpc) is 2.48. The van der Waals surface area contributed by atoms with Crippen LogP contribution < -0.4 is 0 Å². The van der Waals surface area contributed by atoms with E-state index in [1.807, 2.05) is 6.07 Å². The molecule has 0 saturated heterocycles. The number of rotatable bonds is 3. The first-order valence-electron chi connectivity index (χ1n) is 5.78. The van der Waals surface area contributed by atoms with Crippen LogP contribution in [0.5, 0.6) is 0 Å². The minimum atomic E-state index is -0.159. The first-order valence-corrected chi connectivity index (χ1v) is 6.53. The molecule has 0 aliphatic rings. The third-order valence-electron chi connectivity index (χ3n) is 2.67. The van der Waals surface area contributed by atoms with Gasteiger partial charge < -0.3 is 0 Å². The fourth-order valence-corrected chi connectivity index (χ4v) is 1.88. The zero-order valence-electron chi connectivity index (χ0n) is 10.3. The Hall–Kier alpha value is -2.08. The van der Waals surface area contributed by atoms with Crippen molar-refractivity contribution < 1.29 is 4.79 Å². The highest BCUT2D eigenvalue weighted by Gasteiger charge is 2.05. The van der Waals surface area contributed by atoms with Crippen LogP contribution in [0.1, 0.15) is 21.5 Å². The number of benzene rings is 2. The zero-order chi connectivity index (χ0) is 14.5. The minimum Gasteiger partial charge on any atom is -0.289 e. The van der Waals surface area contributed by atoms with E-state index < -0.39 is 0 Å². The predicted octanol–water partition coefficient (Wildman–Crippen LogP) is 4.76. The SMILES string of the molecule is N#Cc1ccc(C=CC(=O)c2ccc(Cl)c(Cl)c2)cc1. The molecule has 2 aromatic carbocycles. The molecule has 0 fully saturated rings. The lowest BCUT2D eigenvalue weighted by Crippen LogP contribution is -1.93. The van der Waals surface area contributed by atoms with Crippen LogP contribution in [-0.4, -0.2) is 5.78 Å². The Balaban J connectivity index is 2.15. The molecular weight excluding hydrogens is 293 g/mol. The van der Waals surface area contributed by atoms with E-state index in [0.29, 0.717) is 21.2 Å². The van der Waals surface area contributed by atoms with Crippen LogP contribution in [0.15, 0.2) is 48.5 Å². The summed E-state index contributed by atoms with van der Waals surface area (Å²) >= 11 is 11.7. The van der Waals surface area contributed by atoms with Crippen LogP contribution in [0.3, 0.4) is 0 Å². The van der Waals surface area contributed by atoms with Crippen LogP contribution in [0.2, 0.25) is 10.0 Å². The van der Waals surface area contributed by atoms with Crippen molar-refractivity contribution in [3.63, 3.8) is 0 Å². The van der Waals surface area contributed by atoms with Crippen molar-refractivity contribution in [1.29, 1.82) is 5.26 Å². The minimum absolute atomic E-state index is 0.159. The Morgan fingerprint density at radius 2 is 1.75 bits per heavy atom. The molecule has 0 aliphatic carbocycles. The number of allylic oxidation sites excluding steroid dienone is 1. The molecule has 0 aromatic heterocycles. The van der Waals surface area contributed by atoms with Gasteiger partial charge in [-0.2, -0.15) is 5.26 Å². The van der Waals surface area contributed by atoms with E-state index in [0.717, 1.165) is 5.56 Å². The van der Waals surface area contributed by atoms with Crippen LogP contribution in [0.4, 0.5) is 0 Å². The van der Waals surface area contributed by atoms with Gasteiger partial charge in [0.2, 0.25) is 0 Å². The molecule has 0 aliphatic heterocycles. The standard InChI is InChI=1S/C16H9Cl2NO/c17-14-7-6-13(9-15(14)18)16(20)8-5-11-1-3-12(10-19)4-2-11/h1-9H. The summed E-state index contributed by atoms with van der Waals surface area (Å²) in [4.78, 5) is 12.0. The maximum atomic E-state index is 12.0. The summed E-state index contributed by atoms with van der Waals surface area (Å²) in [5, 5.41) is 9.47. The Labute approximate surface area is 126 Å². The van der Waals surface area contributed by atoms with Gasteiger partial charge in [0.25, 0.3) is 0 Å². The van der Waals surface area contributed by atoms with Crippen molar-refractivity contribution in [2.45, 2.75) is 0 Å². The predicted molar refractivity (Wildman–Crippen MR) is 81.0 cm³/mol. The smallest absolute Gasteiger partial charge is 0.185 e. The summed E-state index contributed by atoms with van der Waals surface area (Å²) in [6.07, 6.45) is 3.15. The molecule has 0 bridgehead atoms. The molecule has 2 nitrogen and oxygen atoms in total. The molecule has 98 valence electrons. The first kappa shape index (κ1) is 14.3. The number of hydrogen-bond acceptors (Lipinski definition) is 2. The molecule has 0 spiro atoms. The van der Waals surface area contributed by atoms with Gasteiger partial charge in [0.1, 0.15) is 0 Å². The topological polar surface area (TPSA) is 40.9 Å². The maximum Gasteiger partial charge on any atom is 0.185 e. The zero-order valence-corrected chi connectivity index (χ0v) is 11.8. The quantitative estimate of drug-likeness (QED) is 0.606. The molecule has 2 aromatic rings. The van der Waals surface area contributed by atoms with Gasteiger partial charge in [0.15, 0.2) is 5.78 Å². The van der Waals surface area contributed by atoms with Crippen LogP contribution in [0, 0.1) is 11.3 Å². The number of nitrogens with zero attached hydrogens (tertiary/aromatic N) is 1. The third kappa shape index (κ3) is 3.48. The number of nitriles is 1. The maximum absolute atomic E-state index is 12.0. The number of carbonyl (C=O) groups is 1. The monoisotopic (exact) mass is 301 g/mol. The van der Waals surface area contributed by atoms with E-state index >= 15 is 0 Å². The summed E-state index contributed by atoms with van der Waals surface area (Å²) < 4.78 is 0. The summed E-state index contributed by atoms with van der Waals surface area (Å²) in [6.45, 7) is 0. The number of halogens is 2. The number of hydrogen-bond donors (Lipinski definition) is 0. The summed E-state index contributed by atoms with van der Waals surface area (Å²) in [7, 11) is 0. The van der Waals surface area contributed by atoms with E-state index in [4.69, 9.17) is 28.5 Å². The lowest BCUT2D eigenvalue weighted by Gasteiger charge is -1.99. The molecule has 0 atom stereocenters. The normalized spacial score (nSPS) is 10.4. The van der Waals surface area contributed by atoms with Crippen molar-refractivity contribution in [2.75, 3.05) is 0 Å². The second-order valence-corrected chi connectivity index (χ2v) is 4.87. The van der Waals surface area contributed by atoms with Crippen molar-refractivity contribution in [1.82, 2.24) is 0 Å². The van der Waals surface area contributed by atoms with E-state index in [2.05, 4.69) is 0 Å². The first-order chi connectivity index (χ1) is 9.60. The Kier molecular flexibility index (Phi) is 4.57. The fraction of sp³-hybridized carbons (Fsp3) is 0. The van der Waals surface area contributed by atoms with E-state index in [1.54, 1.807) is 42.5 Å². The highest BCUT2D eigenvalue weighted by Crippen LogP contribution is 2.23. The lowest BCUT2D eigenvalue weighted by molar-refractivity contribution is 0.104. The molecule has 0 saturated carbocycles.